The summed E-state index contributed by atoms with van der Waals surface area (Å²) in [5.74, 6) is 1.40. The molecular formula is C46H71ClN10O11. The van der Waals surface area contributed by atoms with Crippen LogP contribution in [0.25, 0.3) is 11.1 Å². The number of ether oxygens (including phenoxy) is 11. The topological polar surface area (TPSA) is 204 Å². The van der Waals surface area contributed by atoms with Crippen LogP contribution in [0.2, 0.25) is 5.02 Å². The molecule has 3 aromatic heterocycles. The molecule has 378 valence electrons. The Morgan fingerprint density at radius 1 is 0.721 bits per heavy atom. The van der Waals surface area contributed by atoms with Crippen LogP contribution in [0.3, 0.4) is 0 Å². The average molecular weight is 976 g/mol. The molecule has 4 heterocycles. The van der Waals surface area contributed by atoms with E-state index in [9.17, 15) is 0 Å². The van der Waals surface area contributed by atoms with Gasteiger partial charge in [-0.25, -0.2) is 14.6 Å². The van der Waals surface area contributed by atoms with E-state index in [2.05, 4.69) is 49.6 Å². The predicted octanol–water partition coefficient (Wildman–Crippen LogP) is 4.93. The molecule has 1 aromatic carbocycles. The number of halogens is 1. The van der Waals surface area contributed by atoms with Gasteiger partial charge >= 0.3 is 0 Å². The van der Waals surface area contributed by atoms with E-state index in [0.29, 0.717) is 147 Å². The van der Waals surface area contributed by atoms with Crippen LogP contribution >= 0.6 is 11.6 Å². The summed E-state index contributed by atoms with van der Waals surface area (Å²) in [6.07, 6.45) is 11.5. The third-order valence-corrected chi connectivity index (χ3v) is 11.5. The monoisotopic (exact) mass is 974 g/mol. The summed E-state index contributed by atoms with van der Waals surface area (Å²) in [6.45, 7) is 16.3. The zero-order valence-electron chi connectivity index (χ0n) is 40.1. The molecule has 6 rings (SSSR count). The van der Waals surface area contributed by atoms with Gasteiger partial charge in [0.25, 0.3) is 5.88 Å². The molecule has 1 saturated carbocycles. The Morgan fingerprint density at radius 2 is 1.26 bits per heavy atom. The normalized spacial score (nSPS) is 19.3. The molecule has 1 aliphatic heterocycles. The second-order valence-corrected chi connectivity index (χ2v) is 17.1. The van der Waals surface area contributed by atoms with Gasteiger partial charge in [0.1, 0.15) is 30.5 Å². The number of benzene rings is 1. The fourth-order valence-corrected chi connectivity index (χ4v) is 8.10. The van der Waals surface area contributed by atoms with Crippen LogP contribution in [0.5, 0.6) is 11.6 Å². The van der Waals surface area contributed by atoms with Crippen molar-refractivity contribution in [3.8, 4) is 22.8 Å². The van der Waals surface area contributed by atoms with E-state index in [1.165, 1.54) is 0 Å². The van der Waals surface area contributed by atoms with E-state index >= 15 is 0 Å². The molecule has 68 heavy (non-hydrogen) atoms. The third-order valence-electron chi connectivity index (χ3n) is 11.2. The summed E-state index contributed by atoms with van der Waals surface area (Å²) in [7, 11) is 1.65. The maximum Gasteiger partial charge on any atom is 0.257 e. The van der Waals surface area contributed by atoms with Crippen LogP contribution in [0.4, 0.5) is 11.6 Å². The van der Waals surface area contributed by atoms with E-state index < -0.39 is 0 Å². The summed E-state index contributed by atoms with van der Waals surface area (Å²) in [5, 5.41) is 20.1. The molecular weight excluding hydrogens is 904 g/mol. The zero-order chi connectivity index (χ0) is 47.6. The minimum Gasteiger partial charge on any atom is -0.487 e. The van der Waals surface area contributed by atoms with E-state index in [-0.39, 0.29) is 24.4 Å². The number of hydrogen-bond donors (Lipinski definition) is 1. The Morgan fingerprint density at radius 3 is 1.81 bits per heavy atom. The van der Waals surface area contributed by atoms with Gasteiger partial charge in [-0.05, 0) is 74.6 Å². The van der Waals surface area contributed by atoms with Crippen LogP contribution < -0.4 is 14.8 Å². The number of rotatable bonds is 34. The van der Waals surface area contributed by atoms with E-state index in [1.807, 2.05) is 29.9 Å². The number of anilines is 2. The van der Waals surface area contributed by atoms with Gasteiger partial charge in [0.05, 0.1) is 135 Å². The number of methoxy groups -OCH3 is 1. The molecule has 22 heteroatoms. The van der Waals surface area contributed by atoms with E-state index in [1.54, 1.807) is 36.6 Å². The lowest BCUT2D eigenvalue weighted by Crippen LogP contribution is -2.51. The molecule has 0 amide bonds. The molecule has 1 saturated heterocycles. The maximum atomic E-state index is 6.51. The lowest BCUT2D eigenvalue weighted by Gasteiger charge is -2.42. The highest BCUT2D eigenvalue weighted by Gasteiger charge is 2.32. The quantitative estimate of drug-likeness (QED) is 0.0617. The lowest BCUT2D eigenvalue weighted by molar-refractivity contribution is -0.0852. The van der Waals surface area contributed by atoms with Gasteiger partial charge in [-0.15, -0.1) is 10.2 Å². The second-order valence-electron chi connectivity index (χ2n) is 16.7. The van der Waals surface area contributed by atoms with Gasteiger partial charge in [-0.2, -0.15) is 0 Å². The molecule has 0 spiro atoms. The fraction of sp³-hybridized carbons (Fsp3) is 0.696. The van der Waals surface area contributed by atoms with Gasteiger partial charge in [-0.1, -0.05) is 17.7 Å². The van der Waals surface area contributed by atoms with Crippen LogP contribution in [-0.4, -0.2) is 195 Å². The Hall–Kier alpha value is -4.13. The number of tetrazole rings is 1. The maximum absolute atomic E-state index is 6.51. The Balaban J connectivity index is 0.900. The van der Waals surface area contributed by atoms with Crippen molar-refractivity contribution in [1.82, 2.24) is 44.9 Å². The number of hydrogen-bond acceptors (Lipinski definition) is 19. The first-order valence-electron chi connectivity index (χ1n) is 23.8. The molecule has 3 atom stereocenters. The van der Waals surface area contributed by atoms with Crippen molar-refractivity contribution < 1.29 is 52.1 Å². The van der Waals surface area contributed by atoms with Crippen molar-refractivity contribution in [1.29, 1.82) is 0 Å². The van der Waals surface area contributed by atoms with Crippen LogP contribution in [0.1, 0.15) is 52.5 Å². The van der Waals surface area contributed by atoms with Gasteiger partial charge in [0.15, 0.2) is 0 Å². The largest absolute Gasteiger partial charge is 0.487 e. The number of morpholine rings is 1. The predicted molar refractivity (Wildman–Crippen MR) is 252 cm³/mol. The number of nitrogens with one attached hydrogen (secondary N) is 1. The molecule has 0 unspecified atom stereocenters. The van der Waals surface area contributed by atoms with Crippen molar-refractivity contribution in [2.45, 2.75) is 83.4 Å². The lowest BCUT2D eigenvalue weighted by atomic mass is 9.89. The first-order chi connectivity index (χ1) is 33.3. The number of nitrogens with zero attached hydrogens (tertiary/aromatic N) is 9. The Kier molecular flexibility index (Phi) is 23.9. The third kappa shape index (κ3) is 19.0. The second kappa shape index (κ2) is 30.5. The minimum atomic E-state index is -0.230. The molecule has 1 N–H and O–H groups in total. The Bertz CT molecular complexity index is 1940. The first-order valence-corrected chi connectivity index (χ1v) is 24.1. The highest BCUT2D eigenvalue weighted by Crippen LogP contribution is 2.36. The van der Waals surface area contributed by atoms with Crippen molar-refractivity contribution >= 4 is 23.2 Å². The van der Waals surface area contributed by atoms with Gasteiger partial charge in [-0.3, -0.25) is 9.58 Å². The average Bonchev–Trinajstić information content (AvgIpc) is 4.01. The summed E-state index contributed by atoms with van der Waals surface area (Å²) in [4.78, 5) is 11.9. The number of aromatic nitrogens is 8. The molecule has 0 radical (unpaired) electrons. The highest BCUT2D eigenvalue weighted by atomic mass is 35.5. The molecule has 2 fully saturated rings. The van der Waals surface area contributed by atoms with Crippen molar-refractivity contribution in [3.05, 3.63) is 48.1 Å². The smallest absolute Gasteiger partial charge is 0.257 e. The van der Waals surface area contributed by atoms with Gasteiger partial charge in [0.2, 0.25) is 5.95 Å². The highest BCUT2D eigenvalue weighted by molar-refractivity contribution is 6.32. The zero-order valence-corrected chi connectivity index (χ0v) is 40.8. The first kappa shape index (κ1) is 53.2. The molecule has 1 aliphatic carbocycles. The summed E-state index contributed by atoms with van der Waals surface area (Å²) in [6, 6.07) is 6.36. The van der Waals surface area contributed by atoms with Crippen LogP contribution in [-0.2, 0) is 49.2 Å². The van der Waals surface area contributed by atoms with Crippen LogP contribution in [0, 0.1) is 0 Å². The van der Waals surface area contributed by atoms with Crippen molar-refractivity contribution in [2.75, 3.05) is 131 Å². The molecule has 2 aliphatic rings. The standard InChI is InChI=1S/C46H71ClN10O11/c1-35-30-55(31-36(2)67-35)40-6-8-41(9-7-40)57-33-43(51-46-48-28-39(29-49-46)38-5-10-42(47)44(27-38)68-37(3)32-56-34-50-53-54-56)45(52-57)66-26-25-65-24-23-64-22-21-63-20-19-62-18-17-61-16-15-60-14-13-59-12-11-58-4/h5,10,27-29,33-37,40-41H,6-9,11-26,30-32H2,1-4H3,(H,48,49,51)/t35-,36+,37-,40?,41?/m0/s1. The Labute approximate surface area is 404 Å². The summed E-state index contributed by atoms with van der Waals surface area (Å²) >= 11 is 6.51. The van der Waals surface area contributed by atoms with Gasteiger partial charge in [0, 0.05) is 44.2 Å². The summed E-state index contributed by atoms with van der Waals surface area (Å²) < 4.78 is 65.8. The van der Waals surface area contributed by atoms with Crippen molar-refractivity contribution in [2.24, 2.45) is 0 Å². The van der Waals surface area contributed by atoms with Crippen molar-refractivity contribution in [3.63, 3.8) is 0 Å². The molecule has 0 bridgehead atoms. The van der Waals surface area contributed by atoms with E-state index in [0.717, 1.165) is 49.9 Å². The molecule has 4 aromatic rings. The van der Waals surface area contributed by atoms with E-state index in [4.69, 9.17) is 68.8 Å². The minimum absolute atomic E-state index is 0.230. The fourth-order valence-electron chi connectivity index (χ4n) is 7.94. The summed E-state index contributed by atoms with van der Waals surface area (Å²) in [5.41, 5.74) is 2.32. The van der Waals surface area contributed by atoms with Gasteiger partial charge < -0.3 is 57.4 Å². The molecule has 21 nitrogen and oxygen atoms in total. The SMILES string of the molecule is COCCOCCOCCOCCOCCOCCOCCOCCOc1nn(C2CCC(N3C[C@@H](C)O[C@@H](C)C3)CC2)cc1Nc1ncc(-c2ccc(Cl)c(O[C@@H](C)Cn3cnnn3)c2)cn1. The van der Waals surface area contributed by atoms with Crippen LogP contribution in [0.15, 0.2) is 43.1 Å².